The first-order valence-electron chi connectivity index (χ1n) is 5.90. The lowest BCUT2D eigenvalue weighted by atomic mass is 10.2. The molecule has 5 nitrogen and oxygen atoms in total. The van der Waals surface area contributed by atoms with Crippen molar-refractivity contribution in [2.24, 2.45) is 0 Å². The first-order chi connectivity index (χ1) is 8.84. The van der Waals surface area contributed by atoms with E-state index in [9.17, 15) is 13.2 Å². The van der Waals surface area contributed by atoms with Crippen LogP contribution >= 0.6 is 15.9 Å². The fraction of sp³-hybridized carbons (Fsp3) is 0.417. The molecule has 1 fully saturated rings. The summed E-state index contributed by atoms with van der Waals surface area (Å²) in [6.45, 7) is 4.06. The molecule has 7 heteroatoms. The van der Waals surface area contributed by atoms with Gasteiger partial charge >= 0.3 is 0 Å². The van der Waals surface area contributed by atoms with E-state index in [1.54, 1.807) is 25.1 Å². The van der Waals surface area contributed by atoms with E-state index in [1.165, 1.54) is 4.31 Å². The molecule has 0 aliphatic carbocycles. The minimum Gasteiger partial charge on any atom is -0.353 e. The highest BCUT2D eigenvalue weighted by atomic mass is 79.9. The van der Waals surface area contributed by atoms with Gasteiger partial charge in [-0.05, 0) is 37.6 Å². The molecule has 1 atom stereocenters. The zero-order chi connectivity index (χ0) is 14.2. The normalized spacial score (nSPS) is 21.2. The van der Waals surface area contributed by atoms with Crippen molar-refractivity contribution in [1.82, 2.24) is 9.62 Å². The summed E-state index contributed by atoms with van der Waals surface area (Å²) in [5, 5.41) is 2.65. The van der Waals surface area contributed by atoms with Gasteiger partial charge in [0.15, 0.2) is 0 Å². The molecule has 1 aromatic carbocycles. The van der Waals surface area contributed by atoms with Gasteiger partial charge in [0.25, 0.3) is 0 Å². The van der Waals surface area contributed by atoms with Crippen LogP contribution in [0.4, 0.5) is 0 Å². The number of aryl methyl sites for hydroxylation is 1. The van der Waals surface area contributed by atoms with Crippen molar-refractivity contribution in [2.45, 2.75) is 24.8 Å². The summed E-state index contributed by atoms with van der Waals surface area (Å²) in [4.78, 5) is 11.8. The molecule has 0 unspecified atom stereocenters. The van der Waals surface area contributed by atoms with Gasteiger partial charge in [0.1, 0.15) is 6.04 Å². The zero-order valence-electron chi connectivity index (χ0n) is 10.7. The fourth-order valence-electron chi connectivity index (χ4n) is 2.00. The topological polar surface area (TPSA) is 66.5 Å². The van der Waals surface area contributed by atoms with E-state index in [1.807, 2.05) is 6.92 Å². The van der Waals surface area contributed by atoms with Crippen LogP contribution in [0.15, 0.2) is 27.6 Å². The van der Waals surface area contributed by atoms with Crippen molar-refractivity contribution in [3.63, 3.8) is 0 Å². The van der Waals surface area contributed by atoms with Crippen LogP contribution in [0.25, 0.3) is 0 Å². The molecule has 0 spiro atoms. The van der Waals surface area contributed by atoms with Crippen molar-refractivity contribution >= 4 is 31.9 Å². The second-order valence-electron chi connectivity index (χ2n) is 4.49. The summed E-state index contributed by atoms with van der Waals surface area (Å²) in [6, 6.07) is 4.18. The fourth-order valence-corrected chi connectivity index (χ4v) is 3.93. The van der Waals surface area contributed by atoms with Crippen LogP contribution in [0, 0.1) is 6.92 Å². The molecule has 1 aromatic rings. The van der Waals surface area contributed by atoms with Crippen LogP contribution in [0.1, 0.15) is 12.5 Å². The number of halogens is 1. The maximum Gasteiger partial charge on any atom is 0.243 e. The van der Waals surface area contributed by atoms with E-state index in [2.05, 4.69) is 21.2 Å². The van der Waals surface area contributed by atoms with E-state index in [0.717, 1.165) is 10.0 Å². The molecular formula is C12H15BrN2O3S. The summed E-state index contributed by atoms with van der Waals surface area (Å²) >= 11 is 3.34. The maximum atomic E-state index is 12.5. The Morgan fingerprint density at radius 3 is 2.74 bits per heavy atom. The van der Waals surface area contributed by atoms with E-state index in [0.29, 0.717) is 13.1 Å². The van der Waals surface area contributed by atoms with Gasteiger partial charge < -0.3 is 5.32 Å². The molecule has 0 radical (unpaired) electrons. The Balaban J connectivity index is 2.41. The monoisotopic (exact) mass is 346 g/mol. The van der Waals surface area contributed by atoms with Gasteiger partial charge in [0.05, 0.1) is 4.90 Å². The van der Waals surface area contributed by atoms with Crippen molar-refractivity contribution in [2.75, 3.05) is 13.1 Å². The number of rotatable bonds is 2. The van der Waals surface area contributed by atoms with E-state index >= 15 is 0 Å². The number of nitrogens with zero attached hydrogens (tertiary/aromatic N) is 1. The molecule has 0 aromatic heterocycles. The predicted molar refractivity (Wildman–Crippen MR) is 75.2 cm³/mol. The first-order valence-corrected chi connectivity index (χ1v) is 8.13. The minimum atomic E-state index is -3.63. The van der Waals surface area contributed by atoms with Crippen molar-refractivity contribution < 1.29 is 13.2 Å². The molecule has 0 saturated carbocycles. The largest absolute Gasteiger partial charge is 0.353 e. The van der Waals surface area contributed by atoms with Crippen LogP contribution in [0.5, 0.6) is 0 Å². The van der Waals surface area contributed by atoms with E-state index in [4.69, 9.17) is 0 Å². The number of piperazine rings is 1. The lowest BCUT2D eigenvalue weighted by Crippen LogP contribution is -2.55. The highest BCUT2D eigenvalue weighted by molar-refractivity contribution is 9.10. The lowest BCUT2D eigenvalue weighted by molar-refractivity contribution is -0.126. The molecule has 104 valence electrons. The quantitative estimate of drug-likeness (QED) is 0.876. The molecule has 1 heterocycles. The van der Waals surface area contributed by atoms with Crippen LogP contribution in [0.2, 0.25) is 0 Å². The minimum absolute atomic E-state index is 0.217. The third-order valence-corrected chi connectivity index (χ3v) is 6.03. The first kappa shape index (κ1) is 14.5. The summed E-state index contributed by atoms with van der Waals surface area (Å²) in [6.07, 6.45) is 0. The highest BCUT2D eigenvalue weighted by Crippen LogP contribution is 2.24. The second kappa shape index (κ2) is 5.22. The summed E-state index contributed by atoms with van der Waals surface area (Å²) in [5.74, 6) is -0.261. The van der Waals surface area contributed by atoms with E-state index < -0.39 is 16.1 Å². The molecular weight excluding hydrogens is 332 g/mol. The Morgan fingerprint density at radius 1 is 1.42 bits per heavy atom. The van der Waals surface area contributed by atoms with Gasteiger partial charge in [-0.2, -0.15) is 4.31 Å². The third-order valence-electron chi connectivity index (χ3n) is 3.18. The second-order valence-corrected chi connectivity index (χ2v) is 7.24. The standard InChI is InChI=1S/C12H15BrN2O3S/c1-8-7-10(3-4-11(8)13)19(17,18)15-6-5-14-12(16)9(15)2/h3-4,7,9H,5-6H2,1-2H3,(H,14,16)/t9-/m1/s1. The van der Waals surface area contributed by atoms with Gasteiger partial charge in [0, 0.05) is 17.6 Å². The van der Waals surface area contributed by atoms with Gasteiger partial charge in [-0.1, -0.05) is 15.9 Å². The van der Waals surface area contributed by atoms with Crippen LogP contribution in [-0.4, -0.2) is 37.8 Å². The molecule has 1 N–H and O–H groups in total. The van der Waals surface area contributed by atoms with Gasteiger partial charge in [-0.3, -0.25) is 4.79 Å². The van der Waals surface area contributed by atoms with Crippen molar-refractivity contribution in [1.29, 1.82) is 0 Å². The summed E-state index contributed by atoms with van der Waals surface area (Å²) in [5.41, 5.74) is 0.843. The van der Waals surface area contributed by atoms with Gasteiger partial charge in [-0.25, -0.2) is 8.42 Å². The Bertz CT molecular complexity index is 615. The Kier molecular flexibility index (Phi) is 3.98. The molecule has 1 amide bonds. The third kappa shape index (κ3) is 2.68. The Labute approximate surface area is 121 Å². The Morgan fingerprint density at radius 2 is 2.11 bits per heavy atom. The lowest BCUT2D eigenvalue weighted by Gasteiger charge is -2.31. The van der Waals surface area contributed by atoms with Gasteiger partial charge in [0.2, 0.25) is 15.9 Å². The smallest absolute Gasteiger partial charge is 0.243 e. The average Bonchev–Trinajstić information content (AvgIpc) is 2.35. The van der Waals surface area contributed by atoms with Crippen molar-refractivity contribution in [3.05, 3.63) is 28.2 Å². The number of nitrogens with one attached hydrogen (secondary N) is 1. The average molecular weight is 347 g/mol. The number of amides is 1. The van der Waals surface area contributed by atoms with E-state index in [-0.39, 0.29) is 10.8 Å². The molecule has 1 aliphatic rings. The number of carbonyl (C=O) groups is 1. The highest BCUT2D eigenvalue weighted by Gasteiger charge is 2.35. The predicted octanol–water partition coefficient (Wildman–Crippen LogP) is 1.27. The number of benzene rings is 1. The number of hydrogen-bond donors (Lipinski definition) is 1. The molecule has 2 rings (SSSR count). The summed E-state index contributed by atoms with van der Waals surface area (Å²) in [7, 11) is -3.63. The molecule has 19 heavy (non-hydrogen) atoms. The molecule has 1 aliphatic heterocycles. The van der Waals surface area contributed by atoms with Crippen LogP contribution in [-0.2, 0) is 14.8 Å². The summed E-state index contributed by atoms with van der Waals surface area (Å²) < 4.78 is 27.2. The maximum absolute atomic E-state index is 12.5. The molecule has 1 saturated heterocycles. The SMILES string of the molecule is Cc1cc(S(=O)(=O)N2CCNC(=O)[C@H]2C)ccc1Br. The number of sulfonamides is 1. The Hall–Kier alpha value is -0.920. The number of carbonyl (C=O) groups excluding carboxylic acids is 1. The van der Waals surface area contributed by atoms with Crippen molar-refractivity contribution in [3.8, 4) is 0 Å². The van der Waals surface area contributed by atoms with Crippen LogP contribution < -0.4 is 5.32 Å². The molecule has 0 bridgehead atoms. The zero-order valence-corrected chi connectivity index (χ0v) is 13.1. The van der Waals surface area contributed by atoms with Gasteiger partial charge in [-0.15, -0.1) is 0 Å². The van der Waals surface area contributed by atoms with Crippen LogP contribution in [0.3, 0.4) is 0 Å². The number of hydrogen-bond acceptors (Lipinski definition) is 3.